The summed E-state index contributed by atoms with van der Waals surface area (Å²) in [5.74, 6) is -1.26. The van der Waals surface area contributed by atoms with Gasteiger partial charge in [-0.15, -0.1) is 0 Å². The summed E-state index contributed by atoms with van der Waals surface area (Å²) >= 11 is 0. The van der Waals surface area contributed by atoms with Crippen LogP contribution in [0.25, 0.3) is 0 Å². The zero-order valence-corrected chi connectivity index (χ0v) is 10.8. The van der Waals surface area contributed by atoms with Crippen LogP contribution >= 0.6 is 0 Å². The molecule has 5 rings (SSSR count). The minimum atomic E-state index is -0.341. The van der Waals surface area contributed by atoms with Gasteiger partial charge in [-0.2, -0.15) is 0 Å². The topological polar surface area (TPSA) is 43.4 Å². The molecular formula is C16H14O3. The first-order valence-corrected chi connectivity index (χ1v) is 6.63. The molecule has 4 atom stereocenters. The Morgan fingerprint density at radius 3 is 1.68 bits per heavy atom. The van der Waals surface area contributed by atoms with Gasteiger partial charge in [-0.05, 0) is 25.0 Å². The molecule has 1 aromatic carbocycles. The zero-order valence-electron chi connectivity index (χ0n) is 10.8. The van der Waals surface area contributed by atoms with Crippen molar-refractivity contribution in [3.63, 3.8) is 0 Å². The quantitative estimate of drug-likeness (QED) is 0.406. The van der Waals surface area contributed by atoms with E-state index in [-0.39, 0.29) is 35.6 Å². The smallest absolute Gasteiger partial charge is 0.318 e. The average Bonchev–Trinajstić information content (AvgIpc) is 2.70. The highest BCUT2D eigenvalue weighted by atomic mass is 16.6. The van der Waals surface area contributed by atoms with Crippen LogP contribution in [-0.4, -0.2) is 11.9 Å². The van der Waals surface area contributed by atoms with Gasteiger partial charge >= 0.3 is 11.9 Å². The van der Waals surface area contributed by atoms with Crippen molar-refractivity contribution in [3.05, 3.63) is 46.5 Å². The van der Waals surface area contributed by atoms with Crippen molar-refractivity contribution in [1.29, 1.82) is 0 Å². The second-order valence-electron chi connectivity index (χ2n) is 5.74. The lowest BCUT2D eigenvalue weighted by atomic mass is 9.55. The van der Waals surface area contributed by atoms with Crippen molar-refractivity contribution in [1.82, 2.24) is 0 Å². The van der Waals surface area contributed by atoms with E-state index in [1.54, 1.807) is 0 Å². The monoisotopic (exact) mass is 254 g/mol. The van der Waals surface area contributed by atoms with Gasteiger partial charge in [0.2, 0.25) is 0 Å². The van der Waals surface area contributed by atoms with Crippen LogP contribution in [0.3, 0.4) is 0 Å². The molecule has 3 heteroatoms. The molecule has 4 aliphatic rings. The third kappa shape index (κ3) is 1.14. The molecule has 1 fully saturated rings. The molecule has 1 aromatic rings. The third-order valence-corrected chi connectivity index (χ3v) is 5.07. The molecule has 19 heavy (non-hydrogen) atoms. The summed E-state index contributed by atoms with van der Waals surface area (Å²) in [5, 5.41) is 0. The first-order valence-electron chi connectivity index (χ1n) is 6.63. The van der Waals surface area contributed by atoms with Crippen LogP contribution in [0, 0.1) is 11.8 Å². The molecule has 0 spiro atoms. The molecular weight excluding hydrogens is 240 g/mol. The number of benzene rings is 1. The van der Waals surface area contributed by atoms with Gasteiger partial charge in [-0.3, -0.25) is 9.59 Å². The van der Waals surface area contributed by atoms with Gasteiger partial charge in [-0.1, -0.05) is 35.4 Å². The molecule has 1 saturated heterocycles. The van der Waals surface area contributed by atoms with Gasteiger partial charge in [-0.25, -0.2) is 0 Å². The van der Waals surface area contributed by atoms with Gasteiger partial charge in [0.1, 0.15) is 0 Å². The molecule has 2 bridgehead atoms. The standard InChI is InChI=1S/C16H14O3/c1-7-8(2)12-10-6-4-3-5-9(10)11(7)13-14(12)16(18)19-15(13)17/h3-6,11-14H,1-2H3/t11-,12+,13-,14+. The number of hydrogen-bond donors (Lipinski definition) is 0. The Hall–Kier alpha value is -1.90. The van der Waals surface area contributed by atoms with E-state index in [0.29, 0.717) is 0 Å². The van der Waals surface area contributed by atoms with E-state index in [1.165, 1.54) is 22.3 Å². The zero-order chi connectivity index (χ0) is 13.3. The lowest BCUT2D eigenvalue weighted by Crippen LogP contribution is -2.40. The maximum Gasteiger partial charge on any atom is 0.318 e. The maximum atomic E-state index is 12.0. The summed E-state index contributed by atoms with van der Waals surface area (Å²) in [7, 11) is 0. The van der Waals surface area contributed by atoms with Crippen LogP contribution in [0.5, 0.6) is 0 Å². The maximum absolute atomic E-state index is 12.0. The fourth-order valence-corrected chi connectivity index (χ4v) is 4.18. The molecule has 1 heterocycles. The SMILES string of the molecule is CC1=C(C)[C@H]2c3ccccc3[C@@H]1[C@H]1C(=O)OC(=O)[C@H]12. The summed E-state index contributed by atoms with van der Waals surface area (Å²) < 4.78 is 4.91. The Balaban J connectivity index is 2.03. The Labute approximate surface area is 111 Å². The van der Waals surface area contributed by atoms with Crippen molar-refractivity contribution in [2.24, 2.45) is 11.8 Å². The fourth-order valence-electron chi connectivity index (χ4n) is 4.18. The molecule has 96 valence electrons. The molecule has 1 aliphatic heterocycles. The lowest BCUT2D eigenvalue weighted by molar-refractivity contribution is -0.153. The molecule has 3 aliphatic carbocycles. The summed E-state index contributed by atoms with van der Waals surface area (Å²) in [6.07, 6.45) is 0. The highest BCUT2D eigenvalue weighted by molar-refractivity contribution is 5.99. The van der Waals surface area contributed by atoms with Crippen LogP contribution in [0.1, 0.15) is 36.8 Å². The summed E-state index contributed by atoms with van der Waals surface area (Å²) in [6, 6.07) is 8.16. The second kappa shape index (κ2) is 3.35. The second-order valence-corrected chi connectivity index (χ2v) is 5.74. The highest BCUT2D eigenvalue weighted by Gasteiger charge is 2.59. The predicted octanol–water partition coefficient (Wildman–Crippen LogP) is 2.53. The minimum absolute atomic E-state index is 0.0187. The first kappa shape index (κ1) is 11.0. The Kier molecular flexibility index (Phi) is 1.93. The van der Waals surface area contributed by atoms with Crippen molar-refractivity contribution < 1.29 is 14.3 Å². The largest absolute Gasteiger partial charge is 0.393 e. The Bertz CT molecular complexity index is 601. The molecule has 3 nitrogen and oxygen atoms in total. The van der Waals surface area contributed by atoms with Crippen molar-refractivity contribution in [2.45, 2.75) is 25.7 Å². The number of carbonyl (C=O) groups excluding carboxylic acids is 2. The van der Waals surface area contributed by atoms with E-state index in [1.807, 2.05) is 12.1 Å². The minimum Gasteiger partial charge on any atom is -0.393 e. The van der Waals surface area contributed by atoms with Crippen LogP contribution in [-0.2, 0) is 14.3 Å². The number of cyclic esters (lactones) is 2. The van der Waals surface area contributed by atoms with Crippen molar-refractivity contribution >= 4 is 11.9 Å². The molecule has 0 aromatic heterocycles. The number of ether oxygens (including phenoxy) is 1. The molecule has 0 unspecified atom stereocenters. The fraction of sp³-hybridized carbons (Fsp3) is 0.375. The van der Waals surface area contributed by atoms with E-state index < -0.39 is 0 Å². The number of carbonyl (C=O) groups is 2. The Morgan fingerprint density at radius 2 is 1.26 bits per heavy atom. The summed E-state index contributed by atoms with van der Waals surface area (Å²) in [6.45, 7) is 4.16. The van der Waals surface area contributed by atoms with Crippen LogP contribution in [0.15, 0.2) is 35.4 Å². The lowest BCUT2D eigenvalue weighted by Gasteiger charge is -2.45. The van der Waals surface area contributed by atoms with Gasteiger partial charge in [0.05, 0.1) is 11.8 Å². The number of allylic oxidation sites excluding steroid dienone is 2. The van der Waals surface area contributed by atoms with Crippen molar-refractivity contribution in [3.8, 4) is 0 Å². The third-order valence-electron chi connectivity index (χ3n) is 5.07. The van der Waals surface area contributed by atoms with Gasteiger partial charge in [0.15, 0.2) is 0 Å². The first-order chi connectivity index (χ1) is 9.11. The average molecular weight is 254 g/mol. The van der Waals surface area contributed by atoms with Crippen LogP contribution in [0.2, 0.25) is 0 Å². The number of rotatable bonds is 0. The van der Waals surface area contributed by atoms with Gasteiger partial charge < -0.3 is 4.74 Å². The van der Waals surface area contributed by atoms with E-state index >= 15 is 0 Å². The normalized spacial score (nSPS) is 35.3. The van der Waals surface area contributed by atoms with E-state index in [9.17, 15) is 9.59 Å². The molecule has 0 N–H and O–H groups in total. The van der Waals surface area contributed by atoms with Crippen LogP contribution in [0.4, 0.5) is 0 Å². The molecule has 0 amide bonds. The molecule has 0 radical (unpaired) electrons. The summed E-state index contributed by atoms with van der Waals surface area (Å²) in [5.41, 5.74) is 4.86. The number of esters is 2. The van der Waals surface area contributed by atoms with E-state index in [2.05, 4.69) is 26.0 Å². The molecule has 0 saturated carbocycles. The van der Waals surface area contributed by atoms with Gasteiger partial charge in [0.25, 0.3) is 0 Å². The van der Waals surface area contributed by atoms with E-state index in [0.717, 1.165) is 0 Å². The Morgan fingerprint density at radius 1 is 0.842 bits per heavy atom. The van der Waals surface area contributed by atoms with Crippen LogP contribution < -0.4 is 0 Å². The highest BCUT2D eigenvalue weighted by Crippen LogP contribution is 2.60. The van der Waals surface area contributed by atoms with Crippen molar-refractivity contribution in [2.75, 3.05) is 0 Å². The predicted molar refractivity (Wildman–Crippen MR) is 68.4 cm³/mol. The number of hydrogen-bond acceptors (Lipinski definition) is 3. The summed E-state index contributed by atoms with van der Waals surface area (Å²) in [4.78, 5) is 24.0. The van der Waals surface area contributed by atoms with Gasteiger partial charge in [0, 0.05) is 11.8 Å². The van der Waals surface area contributed by atoms with E-state index in [4.69, 9.17) is 4.74 Å².